The molecule has 1 aromatic rings. The Labute approximate surface area is 94.1 Å². The maximum absolute atomic E-state index is 6.44. The van der Waals surface area contributed by atoms with Crippen LogP contribution >= 0.6 is 0 Å². The van der Waals surface area contributed by atoms with Crippen LogP contribution in [0.5, 0.6) is 0 Å². The van der Waals surface area contributed by atoms with Crippen molar-refractivity contribution in [3.63, 3.8) is 0 Å². The molecule has 3 rings (SSSR count). The Morgan fingerprint density at radius 3 is 3.00 bits per heavy atom. The van der Waals surface area contributed by atoms with E-state index in [1.54, 1.807) is 7.05 Å². The summed E-state index contributed by atoms with van der Waals surface area (Å²) < 4.78 is 5.76. The average molecular weight is 223 g/mol. The number of hydrogen-bond donors (Lipinski definition) is 1. The number of ether oxygens (including phenoxy) is 1. The Morgan fingerprint density at radius 1 is 1.56 bits per heavy atom. The zero-order valence-electron chi connectivity index (χ0n) is 9.46. The molecule has 1 aromatic heterocycles. The number of hydrogen-bond acceptors (Lipinski definition) is 5. The second kappa shape index (κ2) is 3.49. The predicted molar refractivity (Wildman–Crippen MR) is 56.5 cm³/mol. The second-order valence-corrected chi connectivity index (χ2v) is 4.98. The molecule has 1 aliphatic heterocycles. The number of nitrogens with two attached hydrogens (primary N) is 1. The highest BCUT2D eigenvalue weighted by Gasteiger charge is 2.49. The van der Waals surface area contributed by atoms with Crippen molar-refractivity contribution in [3.8, 4) is 0 Å². The van der Waals surface area contributed by atoms with Crippen LogP contribution in [0.2, 0.25) is 0 Å². The van der Waals surface area contributed by atoms with Gasteiger partial charge in [-0.15, -0.1) is 10.2 Å². The highest BCUT2D eigenvalue weighted by Crippen LogP contribution is 2.43. The van der Waals surface area contributed by atoms with E-state index in [0.29, 0.717) is 12.3 Å². The summed E-state index contributed by atoms with van der Waals surface area (Å²) in [7, 11) is 1.77. The van der Waals surface area contributed by atoms with Crippen molar-refractivity contribution in [1.82, 2.24) is 20.2 Å². The average Bonchev–Trinajstić information content (AvgIpc) is 2.89. The maximum atomic E-state index is 6.44. The van der Waals surface area contributed by atoms with Gasteiger partial charge in [0.15, 0.2) is 5.82 Å². The van der Waals surface area contributed by atoms with Crippen LogP contribution in [0.15, 0.2) is 0 Å². The topological polar surface area (TPSA) is 78.9 Å². The summed E-state index contributed by atoms with van der Waals surface area (Å²) >= 11 is 0. The van der Waals surface area contributed by atoms with Gasteiger partial charge in [-0.2, -0.15) is 4.80 Å². The van der Waals surface area contributed by atoms with Crippen molar-refractivity contribution in [2.45, 2.75) is 37.3 Å². The van der Waals surface area contributed by atoms with Crippen LogP contribution in [0.25, 0.3) is 0 Å². The number of tetrazole rings is 1. The van der Waals surface area contributed by atoms with Crippen LogP contribution in [0.1, 0.15) is 25.1 Å². The lowest BCUT2D eigenvalue weighted by atomic mass is 9.86. The highest BCUT2D eigenvalue weighted by molar-refractivity contribution is 5.07. The van der Waals surface area contributed by atoms with Gasteiger partial charge in [0.25, 0.3) is 0 Å². The first-order chi connectivity index (χ1) is 7.67. The van der Waals surface area contributed by atoms with Crippen molar-refractivity contribution in [1.29, 1.82) is 0 Å². The van der Waals surface area contributed by atoms with Gasteiger partial charge in [0.2, 0.25) is 0 Å². The van der Waals surface area contributed by atoms with Gasteiger partial charge >= 0.3 is 0 Å². The lowest BCUT2D eigenvalue weighted by Crippen LogP contribution is -2.50. The van der Waals surface area contributed by atoms with Gasteiger partial charge < -0.3 is 10.5 Å². The van der Waals surface area contributed by atoms with Gasteiger partial charge in [0.05, 0.1) is 18.7 Å². The van der Waals surface area contributed by atoms with E-state index in [1.807, 2.05) is 0 Å². The molecule has 1 saturated carbocycles. The van der Waals surface area contributed by atoms with Crippen LogP contribution in [0.3, 0.4) is 0 Å². The fraction of sp³-hybridized carbons (Fsp3) is 0.900. The second-order valence-electron chi connectivity index (χ2n) is 4.98. The Kier molecular flexibility index (Phi) is 2.22. The lowest BCUT2D eigenvalue weighted by molar-refractivity contribution is 0.0621. The predicted octanol–water partition coefficient (Wildman–Crippen LogP) is -0.351. The third-order valence-electron chi connectivity index (χ3n) is 3.52. The first-order valence-corrected chi connectivity index (χ1v) is 5.81. The summed E-state index contributed by atoms with van der Waals surface area (Å²) in [5, 5.41) is 12.0. The molecule has 2 heterocycles. The molecule has 2 unspecified atom stereocenters. The van der Waals surface area contributed by atoms with Gasteiger partial charge in [-0.3, -0.25) is 0 Å². The third-order valence-corrected chi connectivity index (χ3v) is 3.52. The molecule has 2 N–H and O–H groups in total. The minimum absolute atomic E-state index is 0.191. The first kappa shape index (κ1) is 10.2. The van der Waals surface area contributed by atoms with E-state index in [2.05, 4.69) is 15.4 Å². The number of rotatable bonds is 3. The fourth-order valence-electron chi connectivity index (χ4n) is 2.57. The van der Waals surface area contributed by atoms with Crippen LogP contribution in [0.4, 0.5) is 0 Å². The molecule has 88 valence electrons. The molecule has 16 heavy (non-hydrogen) atoms. The van der Waals surface area contributed by atoms with E-state index in [1.165, 1.54) is 17.6 Å². The Morgan fingerprint density at radius 2 is 2.38 bits per heavy atom. The molecule has 2 aliphatic rings. The summed E-state index contributed by atoms with van der Waals surface area (Å²) in [5.74, 6) is 1.38. The molecular weight excluding hydrogens is 206 g/mol. The third kappa shape index (κ3) is 1.72. The number of aromatic nitrogens is 4. The van der Waals surface area contributed by atoms with Crippen LogP contribution < -0.4 is 5.73 Å². The fourth-order valence-corrected chi connectivity index (χ4v) is 2.57. The number of nitrogens with zero attached hydrogens (tertiary/aromatic N) is 4. The van der Waals surface area contributed by atoms with E-state index >= 15 is 0 Å². The zero-order valence-corrected chi connectivity index (χ0v) is 9.46. The van der Waals surface area contributed by atoms with Gasteiger partial charge in [-0.05, 0) is 30.4 Å². The smallest absolute Gasteiger partial charge is 0.176 e. The Hall–Kier alpha value is -1.01. The van der Waals surface area contributed by atoms with Crippen LogP contribution in [-0.4, -0.2) is 38.5 Å². The molecular formula is C10H17N5O. The van der Waals surface area contributed by atoms with Crippen molar-refractivity contribution >= 4 is 0 Å². The van der Waals surface area contributed by atoms with Crippen molar-refractivity contribution in [2.24, 2.45) is 18.7 Å². The minimum Gasteiger partial charge on any atom is -0.376 e. The van der Waals surface area contributed by atoms with E-state index < -0.39 is 0 Å². The molecule has 6 nitrogen and oxygen atoms in total. The quantitative estimate of drug-likeness (QED) is 0.757. The minimum atomic E-state index is -0.287. The molecule has 2 atom stereocenters. The maximum Gasteiger partial charge on any atom is 0.176 e. The van der Waals surface area contributed by atoms with Crippen molar-refractivity contribution in [3.05, 3.63) is 5.82 Å². The summed E-state index contributed by atoms with van der Waals surface area (Å²) in [5.41, 5.74) is 6.16. The molecule has 0 aromatic carbocycles. The number of aryl methyl sites for hydroxylation is 1. The molecule has 0 amide bonds. The Balaban J connectivity index is 1.76. The normalized spacial score (nSPS) is 34.5. The molecule has 1 aliphatic carbocycles. The molecule has 0 radical (unpaired) electrons. The van der Waals surface area contributed by atoms with E-state index in [0.717, 1.165) is 18.9 Å². The highest BCUT2D eigenvalue weighted by atomic mass is 16.5. The van der Waals surface area contributed by atoms with Gasteiger partial charge in [0.1, 0.15) is 0 Å². The van der Waals surface area contributed by atoms with Crippen molar-refractivity contribution in [2.75, 3.05) is 6.61 Å². The monoisotopic (exact) mass is 223 g/mol. The van der Waals surface area contributed by atoms with Gasteiger partial charge in [0, 0.05) is 13.0 Å². The van der Waals surface area contributed by atoms with Gasteiger partial charge in [-0.1, -0.05) is 0 Å². The SMILES string of the molecule is Cn1nnc(CC2(N)CCOC2C2CC2)n1. The standard InChI is InChI=1S/C10H17N5O/c1-15-13-8(12-14-15)6-10(11)4-5-16-9(10)7-2-3-7/h7,9H,2-6,11H2,1H3. The van der Waals surface area contributed by atoms with E-state index in [9.17, 15) is 0 Å². The lowest BCUT2D eigenvalue weighted by Gasteiger charge is -2.28. The van der Waals surface area contributed by atoms with E-state index in [-0.39, 0.29) is 11.6 Å². The van der Waals surface area contributed by atoms with Crippen molar-refractivity contribution < 1.29 is 4.74 Å². The van der Waals surface area contributed by atoms with Crippen LogP contribution in [0, 0.1) is 5.92 Å². The molecule has 2 fully saturated rings. The zero-order chi connectivity index (χ0) is 11.2. The Bertz CT molecular complexity index is 388. The van der Waals surface area contributed by atoms with Gasteiger partial charge in [-0.25, -0.2) is 0 Å². The molecule has 6 heteroatoms. The largest absolute Gasteiger partial charge is 0.376 e. The molecule has 1 saturated heterocycles. The summed E-state index contributed by atoms with van der Waals surface area (Å²) in [6.45, 7) is 0.762. The summed E-state index contributed by atoms with van der Waals surface area (Å²) in [4.78, 5) is 1.47. The molecule has 0 spiro atoms. The summed E-state index contributed by atoms with van der Waals surface area (Å²) in [6.07, 6.45) is 4.25. The molecule has 0 bridgehead atoms. The van der Waals surface area contributed by atoms with E-state index in [4.69, 9.17) is 10.5 Å². The first-order valence-electron chi connectivity index (χ1n) is 5.81. The van der Waals surface area contributed by atoms with Crippen LogP contribution in [-0.2, 0) is 18.2 Å². The summed E-state index contributed by atoms with van der Waals surface area (Å²) in [6, 6.07) is 0.